The maximum absolute atomic E-state index is 2.31. The average molecular weight is 186 g/mol. The first-order chi connectivity index (χ1) is 6.45. The Kier molecular flexibility index (Phi) is 1.59. The largest absolute Gasteiger partial charge is 0.117 e. The summed E-state index contributed by atoms with van der Waals surface area (Å²) in [6.45, 7) is 0. The number of hydrogen-bond donors (Lipinski definition) is 0. The summed E-state index contributed by atoms with van der Waals surface area (Å²) in [5.74, 6) is 0.617. The predicted octanol–water partition coefficient (Wildman–Crippen LogP) is 3.37. The number of hydrogen-bond acceptors (Lipinski definition) is 1. The van der Waals surface area contributed by atoms with Gasteiger partial charge >= 0.3 is 0 Å². The maximum atomic E-state index is 2.31. The van der Waals surface area contributed by atoms with Gasteiger partial charge in [0.1, 0.15) is 0 Å². The van der Waals surface area contributed by atoms with Crippen LogP contribution in [0.4, 0.5) is 0 Å². The van der Waals surface area contributed by atoms with E-state index in [4.69, 9.17) is 0 Å². The van der Waals surface area contributed by atoms with Gasteiger partial charge in [-0.05, 0) is 11.6 Å². The van der Waals surface area contributed by atoms with Gasteiger partial charge in [-0.2, -0.15) is 0 Å². The lowest BCUT2D eigenvalue weighted by atomic mass is 9.93. The van der Waals surface area contributed by atoms with Gasteiger partial charge in [-0.15, -0.1) is 11.8 Å². The van der Waals surface area contributed by atoms with E-state index < -0.39 is 0 Å². The van der Waals surface area contributed by atoms with Gasteiger partial charge in [0.2, 0.25) is 0 Å². The minimum Gasteiger partial charge on any atom is -0.117 e. The summed E-state index contributed by atoms with van der Waals surface area (Å²) >= 11 is 1.98. The summed E-state index contributed by atoms with van der Waals surface area (Å²) in [7, 11) is 0. The Morgan fingerprint density at radius 1 is 1.00 bits per heavy atom. The molecule has 2 unspecified atom stereocenters. The monoisotopic (exact) mass is 186 g/mol. The van der Waals surface area contributed by atoms with E-state index in [1.165, 1.54) is 10.5 Å². The molecule has 64 valence electrons. The molecule has 0 saturated carbocycles. The molecule has 1 heteroatoms. The molecule has 1 aromatic carbocycles. The Labute approximate surface area is 82.4 Å². The van der Waals surface area contributed by atoms with E-state index in [0.29, 0.717) is 11.2 Å². The van der Waals surface area contributed by atoms with Crippen molar-refractivity contribution in [3.8, 4) is 0 Å². The van der Waals surface area contributed by atoms with E-state index in [-0.39, 0.29) is 0 Å². The molecule has 2 atom stereocenters. The van der Waals surface area contributed by atoms with Gasteiger partial charge in [0.05, 0.1) is 0 Å². The standard InChI is InChI=1S/C12H10S/c1-3-7-11-9(5-1)10-6-2-4-8-12(10)13-11/h1-9,11H. The molecule has 1 heterocycles. The van der Waals surface area contributed by atoms with Gasteiger partial charge in [0.25, 0.3) is 0 Å². The van der Waals surface area contributed by atoms with E-state index in [1.54, 1.807) is 0 Å². The molecule has 0 saturated heterocycles. The first-order valence-electron chi connectivity index (χ1n) is 4.56. The molecule has 2 aliphatic rings. The van der Waals surface area contributed by atoms with Crippen molar-refractivity contribution >= 4 is 11.8 Å². The Bertz CT molecular complexity index is 390. The van der Waals surface area contributed by atoms with Crippen LogP contribution in [0.15, 0.2) is 53.5 Å². The van der Waals surface area contributed by atoms with Crippen molar-refractivity contribution in [1.82, 2.24) is 0 Å². The fraction of sp³-hybridized carbons (Fsp3) is 0.167. The van der Waals surface area contributed by atoms with Gasteiger partial charge in [0.15, 0.2) is 0 Å². The molecule has 0 radical (unpaired) electrons. The van der Waals surface area contributed by atoms with Crippen molar-refractivity contribution in [1.29, 1.82) is 0 Å². The molecule has 0 amide bonds. The Hall–Kier alpha value is -0.950. The molecule has 0 aromatic heterocycles. The third kappa shape index (κ3) is 1.07. The van der Waals surface area contributed by atoms with Crippen molar-refractivity contribution in [2.75, 3.05) is 0 Å². The first kappa shape index (κ1) is 7.45. The van der Waals surface area contributed by atoms with E-state index in [2.05, 4.69) is 48.6 Å². The van der Waals surface area contributed by atoms with Crippen molar-refractivity contribution in [2.45, 2.75) is 16.1 Å². The molecule has 0 N–H and O–H groups in total. The fourth-order valence-electron chi connectivity index (χ4n) is 1.99. The molecule has 0 fully saturated rings. The molecule has 13 heavy (non-hydrogen) atoms. The van der Waals surface area contributed by atoms with Crippen molar-refractivity contribution in [2.24, 2.45) is 0 Å². The van der Waals surface area contributed by atoms with Gasteiger partial charge in [-0.25, -0.2) is 0 Å². The van der Waals surface area contributed by atoms with Gasteiger partial charge in [0, 0.05) is 16.1 Å². The second kappa shape index (κ2) is 2.78. The highest BCUT2D eigenvalue weighted by Crippen LogP contribution is 2.47. The van der Waals surface area contributed by atoms with Crippen molar-refractivity contribution in [3.63, 3.8) is 0 Å². The van der Waals surface area contributed by atoms with E-state index >= 15 is 0 Å². The van der Waals surface area contributed by atoms with Crippen LogP contribution in [0, 0.1) is 0 Å². The quantitative estimate of drug-likeness (QED) is 0.598. The smallest absolute Gasteiger partial charge is 0.0381 e. The van der Waals surface area contributed by atoms with Crippen LogP contribution in [0.2, 0.25) is 0 Å². The lowest BCUT2D eigenvalue weighted by molar-refractivity contribution is 0.881. The zero-order chi connectivity index (χ0) is 8.67. The summed E-state index contributed by atoms with van der Waals surface area (Å²) in [6, 6.07) is 8.72. The van der Waals surface area contributed by atoms with E-state index in [1.807, 2.05) is 11.8 Å². The molecule has 1 aliphatic carbocycles. The Morgan fingerprint density at radius 2 is 1.85 bits per heavy atom. The summed E-state index contributed by atoms with van der Waals surface area (Å²) in [6.07, 6.45) is 8.92. The van der Waals surface area contributed by atoms with E-state index in [9.17, 15) is 0 Å². The third-order valence-electron chi connectivity index (χ3n) is 2.63. The molecule has 0 spiro atoms. The predicted molar refractivity (Wildman–Crippen MR) is 57.1 cm³/mol. The number of fused-ring (bicyclic) bond motifs is 3. The molecule has 1 aliphatic heterocycles. The fourth-order valence-corrected chi connectivity index (χ4v) is 3.33. The topological polar surface area (TPSA) is 0 Å². The van der Waals surface area contributed by atoms with Gasteiger partial charge < -0.3 is 0 Å². The van der Waals surface area contributed by atoms with Crippen LogP contribution in [0.1, 0.15) is 11.5 Å². The maximum Gasteiger partial charge on any atom is 0.0381 e. The molecular formula is C12H10S. The van der Waals surface area contributed by atoms with Crippen LogP contribution in [0.5, 0.6) is 0 Å². The normalized spacial score (nSPS) is 28.6. The van der Waals surface area contributed by atoms with E-state index in [0.717, 1.165) is 0 Å². The van der Waals surface area contributed by atoms with Crippen LogP contribution < -0.4 is 0 Å². The van der Waals surface area contributed by atoms with Gasteiger partial charge in [-0.1, -0.05) is 42.5 Å². The summed E-state index contributed by atoms with van der Waals surface area (Å²) in [5, 5.41) is 0.641. The number of thioether (sulfide) groups is 1. The molecule has 1 aromatic rings. The lowest BCUT2D eigenvalue weighted by Gasteiger charge is -2.14. The van der Waals surface area contributed by atoms with Gasteiger partial charge in [-0.3, -0.25) is 0 Å². The zero-order valence-corrected chi connectivity index (χ0v) is 8.00. The van der Waals surface area contributed by atoms with Crippen LogP contribution in [0.25, 0.3) is 0 Å². The lowest BCUT2D eigenvalue weighted by Crippen LogP contribution is -2.06. The number of rotatable bonds is 0. The highest BCUT2D eigenvalue weighted by atomic mass is 32.2. The first-order valence-corrected chi connectivity index (χ1v) is 5.44. The number of allylic oxidation sites excluding steroid dienone is 3. The SMILES string of the molecule is C1=CC2Sc3ccccc3C2C=C1. The minimum absolute atomic E-state index is 0.617. The molecule has 0 nitrogen and oxygen atoms in total. The Balaban J connectivity index is 2.12. The molecule has 0 bridgehead atoms. The average Bonchev–Trinajstić information content (AvgIpc) is 2.56. The van der Waals surface area contributed by atoms with Crippen LogP contribution >= 0.6 is 11.8 Å². The second-order valence-corrected chi connectivity index (χ2v) is 4.64. The minimum atomic E-state index is 0.617. The van der Waals surface area contributed by atoms with Crippen LogP contribution in [0.3, 0.4) is 0 Å². The highest BCUT2D eigenvalue weighted by molar-refractivity contribution is 8.00. The van der Waals surface area contributed by atoms with Crippen LogP contribution in [-0.4, -0.2) is 5.25 Å². The molecule has 3 rings (SSSR count). The second-order valence-electron chi connectivity index (χ2n) is 3.42. The number of benzene rings is 1. The third-order valence-corrected chi connectivity index (χ3v) is 3.97. The van der Waals surface area contributed by atoms with Crippen LogP contribution in [-0.2, 0) is 0 Å². The summed E-state index contributed by atoms with van der Waals surface area (Å²) in [5.41, 5.74) is 1.50. The zero-order valence-electron chi connectivity index (χ0n) is 7.18. The molecular weight excluding hydrogens is 176 g/mol. The summed E-state index contributed by atoms with van der Waals surface area (Å²) in [4.78, 5) is 1.45. The highest BCUT2D eigenvalue weighted by Gasteiger charge is 2.29. The van der Waals surface area contributed by atoms with Crippen molar-refractivity contribution < 1.29 is 0 Å². The summed E-state index contributed by atoms with van der Waals surface area (Å²) < 4.78 is 0. The van der Waals surface area contributed by atoms with Crippen molar-refractivity contribution in [3.05, 3.63) is 54.1 Å². The Morgan fingerprint density at radius 3 is 2.85 bits per heavy atom.